The summed E-state index contributed by atoms with van der Waals surface area (Å²) in [5, 5.41) is 3.55. The summed E-state index contributed by atoms with van der Waals surface area (Å²) in [4.78, 5) is 0. The molecule has 0 bridgehead atoms. The van der Waals surface area contributed by atoms with E-state index in [0.29, 0.717) is 0 Å². The number of fused-ring (bicyclic) bond motifs is 3. The van der Waals surface area contributed by atoms with Gasteiger partial charge in [0.15, 0.2) is 0 Å². The number of hydrogen-bond donors (Lipinski definition) is 1. The lowest BCUT2D eigenvalue weighted by molar-refractivity contribution is -0.106. The van der Waals surface area contributed by atoms with Crippen molar-refractivity contribution in [2.24, 2.45) is 5.41 Å². The van der Waals surface area contributed by atoms with Gasteiger partial charge in [-0.2, -0.15) is 0 Å². The van der Waals surface area contributed by atoms with Crippen LogP contribution in [0.4, 0.5) is 0 Å². The van der Waals surface area contributed by atoms with E-state index in [1.807, 2.05) is 12.5 Å². The summed E-state index contributed by atoms with van der Waals surface area (Å²) in [6, 6.07) is 8.78. The predicted octanol–water partition coefficient (Wildman–Crippen LogP) is 3.44. The van der Waals surface area contributed by atoms with Crippen molar-refractivity contribution in [1.82, 2.24) is 5.32 Å². The van der Waals surface area contributed by atoms with E-state index in [4.69, 9.17) is 4.74 Å². The molecule has 1 aromatic carbocycles. The standard InChI is InChI=1S/C16H19NO/c1-4-8-15(9-5-1)12-13-6-2-3-7-14(13)16(15)17-10-11-18-16/h2-3,6-7,10-11,17H,1,4-5,8-9,12H2. The summed E-state index contributed by atoms with van der Waals surface area (Å²) in [6.45, 7) is 0. The molecule has 18 heavy (non-hydrogen) atoms. The molecular weight excluding hydrogens is 222 g/mol. The van der Waals surface area contributed by atoms with Crippen LogP contribution in [0.15, 0.2) is 36.7 Å². The first kappa shape index (κ1) is 10.5. The quantitative estimate of drug-likeness (QED) is 0.751. The van der Waals surface area contributed by atoms with E-state index in [2.05, 4.69) is 29.6 Å². The highest BCUT2D eigenvalue weighted by molar-refractivity contribution is 5.42. The van der Waals surface area contributed by atoms with Gasteiger partial charge < -0.3 is 10.1 Å². The van der Waals surface area contributed by atoms with Gasteiger partial charge in [0.25, 0.3) is 0 Å². The highest BCUT2D eigenvalue weighted by Gasteiger charge is 2.60. The van der Waals surface area contributed by atoms with Crippen LogP contribution in [0.3, 0.4) is 0 Å². The number of ether oxygens (including phenoxy) is 1. The molecule has 2 heteroatoms. The second-order valence-corrected chi connectivity index (χ2v) is 5.92. The zero-order valence-electron chi connectivity index (χ0n) is 10.6. The maximum Gasteiger partial charge on any atom is 0.212 e. The molecule has 94 valence electrons. The van der Waals surface area contributed by atoms with Gasteiger partial charge >= 0.3 is 0 Å². The fraction of sp³-hybridized carbons (Fsp3) is 0.500. The number of benzene rings is 1. The Hall–Kier alpha value is -1.44. The maximum absolute atomic E-state index is 6.13. The Morgan fingerprint density at radius 1 is 1.06 bits per heavy atom. The van der Waals surface area contributed by atoms with E-state index < -0.39 is 0 Å². The van der Waals surface area contributed by atoms with E-state index in [0.717, 1.165) is 6.42 Å². The molecule has 0 aromatic heterocycles. The summed E-state index contributed by atoms with van der Waals surface area (Å²) in [7, 11) is 0. The molecule has 0 saturated heterocycles. The predicted molar refractivity (Wildman–Crippen MR) is 70.7 cm³/mol. The molecule has 0 radical (unpaired) electrons. The smallest absolute Gasteiger partial charge is 0.212 e. The van der Waals surface area contributed by atoms with Crippen LogP contribution in [0.5, 0.6) is 0 Å². The molecule has 3 aliphatic rings. The lowest BCUT2D eigenvalue weighted by atomic mass is 9.67. The Bertz CT molecular complexity index is 492. The topological polar surface area (TPSA) is 21.3 Å². The fourth-order valence-electron chi connectivity index (χ4n) is 4.29. The van der Waals surface area contributed by atoms with Crippen molar-refractivity contribution in [2.45, 2.75) is 44.2 Å². The van der Waals surface area contributed by atoms with Crippen LogP contribution >= 0.6 is 0 Å². The molecular formula is C16H19NO. The van der Waals surface area contributed by atoms with Gasteiger partial charge in [0, 0.05) is 17.2 Å². The third kappa shape index (κ3) is 1.14. The van der Waals surface area contributed by atoms with Crippen molar-refractivity contribution in [3.8, 4) is 0 Å². The van der Waals surface area contributed by atoms with Crippen molar-refractivity contribution in [1.29, 1.82) is 0 Å². The first-order chi connectivity index (χ1) is 8.86. The Balaban J connectivity index is 1.87. The fourth-order valence-corrected chi connectivity index (χ4v) is 4.29. The minimum absolute atomic E-state index is 0.262. The molecule has 1 N–H and O–H groups in total. The number of nitrogens with one attached hydrogen (secondary N) is 1. The van der Waals surface area contributed by atoms with E-state index in [1.54, 1.807) is 0 Å². The molecule has 0 amide bonds. The lowest BCUT2D eigenvalue weighted by Crippen LogP contribution is -2.51. The molecule has 2 aliphatic carbocycles. The van der Waals surface area contributed by atoms with Crippen molar-refractivity contribution < 1.29 is 4.74 Å². The third-order valence-corrected chi connectivity index (χ3v) is 5.08. The molecule has 2 nitrogen and oxygen atoms in total. The molecule has 1 atom stereocenters. The summed E-state index contributed by atoms with van der Waals surface area (Å²) in [5.41, 5.74) is 2.81. The van der Waals surface area contributed by atoms with Gasteiger partial charge in [-0.15, -0.1) is 0 Å². The molecule has 1 unspecified atom stereocenters. The highest BCUT2D eigenvalue weighted by atomic mass is 16.5. The van der Waals surface area contributed by atoms with Crippen LogP contribution in [0.2, 0.25) is 0 Å². The van der Waals surface area contributed by atoms with Crippen LogP contribution in [-0.4, -0.2) is 0 Å². The Labute approximate surface area is 108 Å². The van der Waals surface area contributed by atoms with Gasteiger partial charge in [0.2, 0.25) is 5.72 Å². The average molecular weight is 241 g/mol. The largest absolute Gasteiger partial charge is 0.469 e. The van der Waals surface area contributed by atoms with Gasteiger partial charge in [-0.1, -0.05) is 43.5 Å². The van der Waals surface area contributed by atoms with Gasteiger partial charge in [-0.25, -0.2) is 0 Å². The summed E-state index contributed by atoms with van der Waals surface area (Å²) < 4.78 is 6.13. The van der Waals surface area contributed by atoms with Crippen LogP contribution in [0, 0.1) is 5.41 Å². The van der Waals surface area contributed by atoms with Gasteiger partial charge in [0.1, 0.15) is 6.26 Å². The molecule has 1 heterocycles. The number of rotatable bonds is 0. The summed E-state index contributed by atoms with van der Waals surface area (Å²) >= 11 is 0. The van der Waals surface area contributed by atoms with Gasteiger partial charge in [0.05, 0.1) is 0 Å². The molecule has 1 aliphatic heterocycles. The summed E-state index contributed by atoms with van der Waals surface area (Å²) in [6.07, 6.45) is 11.6. The Morgan fingerprint density at radius 3 is 2.67 bits per heavy atom. The van der Waals surface area contributed by atoms with Crippen LogP contribution in [0.25, 0.3) is 0 Å². The van der Waals surface area contributed by atoms with E-state index >= 15 is 0 Å². The molecule has 4 rings (SSSR count). The minimum atomic E-state index is -0.274. The third-order valence-electron chi connectivity index (χ3n) is 5.08. The van der Waals surface area contributed by atoms with Crippen molar-refractivity contribution >= 4 is 0 Å². The molecule has 2 spiro atoms. The second kappa shape index (κ2) is 3.53. The van der Waals surface area contributed by atoms with Crippen LogP contribution in [-0.2, 0) is 16.9 Å². The Morgan fingerprint density at radius 2 is 1.89 bits per heavy atom. The summed E-state index contributed by atoms with van der Waals surface area (Å²) in [5.74, 6) is 0. The SMILES string of the molecule is C1=COC2(N1)c1ccccc1CC21CCCCC1. The zero-order valence-corrected chi connectivity index (χ0v) is 10.6. The monoisotopic (exact) mass is 241 g/mol. The lowest BCUT2D eigenvalue weighted by Gasteiger charge is -2.45. The van der Waals surface area contributed by atoms with Gasteiger partial charge in [-0.05, 0) is 24.8 Å². The van der Waals surface area contributed by atoms with E-state index in [-0.39, 0.29) is 11.1 Å². The first-order valence-electron chi connectivity index (χ1n) is 7.05. The Kier molecular flexibility index (Phi) is 2.06. The number of hydrogen-bond acceptors (Lipinski definition) is 2. The first-order valence-corrected chi connectivity index (χ1v) is 7.05. The zero-order chi connectivity index (χ0) is 12.1. The normalized spacial score (nSPS) is 31.3. The van der Waals surface area contributed by atoms with E-state index in [1.165, 1.54) is 43.2 Å². The van der Waals surface area contributed by atoms with Crippen LogP contribution in [0.1, 0.15) is 43.2 Å². The molecule has 1 fully saturated rings. The second-order valence-electron chi connectivity index (χ2n) is 5.92. The van der Waals surface area contributed by atoms with Gasteiger partial charge in [-0.3, -0.25) is 0 Å². The van der Waals surface area contributed by atoms with Crippen LogP contribution < -0.4 is 5.32 Å². The van der Waals surface area contributed by atoms with Crippen molar-refractivity contribution in [3.05, 3.63) is 47.9 Å². The minimum Gasteiger partial charge on any atom is -0.469 e. The van der Waals surface area contributed by atoms with Crippen molar-refractivity contribution in [2.75, 3.05) is 0 Å². The highest BCUT2D eigenvalue weighted by Crippen LogP contribution is 2.59. The molecule has 1 aromatic rings. The molecule has 1 saturated carbocycles. The van der Waals surface area contributed by atoms with Crippen molar-refractivity contribution in [3.63, 3.8) is 0 Å². The maximum atomic E-state index is 6.13. The average Bonchev–Trinajstić information content (AvgIpc) is 2.99. The van der Waals surface area contributed by atoms with E-state index in [9.17, 15) is 0 Å².